The molecule has 0 N–H and O–H groups in total. The molecule has 0 amide bonds. The van der Waals surface area contributed by atoms with E-state index in [1.165, 1.54) is 109 Å². The van der Waals surface area contributed by atoms with E-state index in [-0.39, 0.29) is 31.6 Å². The third-order valence-corrected chi connectivity index (χ3v) is 12.4. The second-order valence-electron chi connectivity index (χ2n) is 19.5. The summed E-state index contributed by atoms with van der Waals surface area (Å²) < 4.78 is 16.7. The molecule has 6 heteroatoms. The van der Waals surface area contributed by atoms with Crippen molar-refractivity contribution in [1.82, 2.24) is 0 Å². The lowest BCUT2D eigenvalue weighted by Gasteiger charge is -2.18. The molecule has 0 aliphatic rings. The second-order valence-corrected chi connectivity index (χ2v) is 19.5. The highest BCUT2D eigenvalue weighted by atomic mass is 16.6. The Bertz CT molecular complexity index is 1600. The van der Waals surface area contributed by atoms with Crippen LogP contribution < -0.4 is 0 Å². The maximum absolute atomic E-state index is 12.8. The van der Waals surface area contributed by atoms with E-state index in [1.54, 1.807) is 6.08 Å². The molecule has 0 rings (SSSR count). The van der Waals surface area contributed by atoms with E-state index in [1.807, 2.05) is 6.08 Å². The van der Waals surface area contributed by atoms with Gasteiger partial charge in [-0.05, 0) is 96.3 Å². The third-order valence-electron chi connectivity index (χ3n) is 12.4. The van der Waals surface area contributed by atoms with Gasteiger partial charge in [-0.2, -0.15) is 0 Å². The number of hydrogen-bond donors (Lipinski definition) is 0. The summed E-state index contributed by atoms with van der Waals surface area (Å²) in [6.07, 6.45) is 86.3. The van der Waals surface area contributed by atoms with Crippen LogP contribution in [0, 0.1) is 0 Å². The summed E-state index contributed by atoms with van der Waals surface area (Å²) in [4.78, 5) is 38.0. The maximum Gasteiger partial charge on any atom is 0.310 e. The smallest absolute Gasteiger partial charge is 0.310 e. The molecule has 0 saturated carbocycles. The van der Waals surface area contributed by atoms with E-state index in [0.29, 0.717) is 12.8 Å². The summed E-state index contributed by atoms with van der Waals surface area (Å²) in [5, 5.41) is 0. The van der Waals surface area contributed by atoms with E-state index in [9.17, 15) is 14.4 Å². The van der Waals surface area contributed by atoms with Crippen molar-refractivity contribution >= 4 is 17.9 Å². The fourth-order valence-corrected chi connectivity index (χ4v) is 7.99. The van der Waals surface area contributed by atoms with Crippen LogP contribution >= 0.6 is 0 Å². The van der Waals surface area contributed by atoms with Crippen molar-refractivity contribution in [1.29, 1.82) is 0 Å². The molecule has 0 radical (unpaired) electrons. The van der Waals surface area contributed by atoms with Crippen molar-refractivity contribution in [3.05, 3.63) is 134 Å². The number of rotatable bonds is 53. The number of esters is 3. The Morgan fingerprint density at radius 1 is 0.297 bits per heavy atom. The monoisotopic (exact) mass is 1020 g/mol. The van der Waals surface area contributed by atoms with Crippen LogP contribution in [0.25, 0.3) is 0 Å². The Balaban J connectivity index is 4.26. The first-order valence-electron chi connectivity index (χ1n) is 30.2. The number of unbranched alkanes of at least 4 members (excludes halogenated alkanes) is 21. The average molecular weight is 1020 g/mol. The van der Waals surface area contributed by atoms with Crippen LogP contribution in [0.1, 0.15) is 258 Å². The molecule has 1 unspecified atom stereocenters. The molecule has 418 valence electrons. The van der Waals surface area contributed by atoms with Crippen molar-refractivity contribution < 1.29 is 28.6 Å². The summed E-state index contributed by atoms with van der Waals surface area (Å²) in [7, 11) is 0. The molecule has 0 aromatic rings. The van der Waals surface area contributed by atoms with Crippen LogP contribution in [-0.2, 0) is 28.6 Å². The van der Waals surface area contributed by atoms with Gasteiger partial charge in [0, 0.05) is 12.8 Å². The van der Waals surface area contributed by atoms with E-state index >= 15 is 0 Å². The highest BCUT2D eigenvalue weighted by Crippen LogP contribution is 2.15. The molecule has 0 aliphatic carbocycles. The summed E-state index contributed by atoms with van der Waals surface area (Å²) in [5.41, 5.74) is 0. The first-order valence-corrected chi connectivity index (χ1v) is 30.2. The molecule has 1 atom stereocenters. The lowest BCUT2D eigenvalue weighted by Crippen LogP contribution is -2.30. The molecule has 0 bridgehead atoms. The molecule has 0 heterocycles. The Kier molecular flexibility index (Phi) is 57.4. The van der Waals surface area contributed by atoms with Gasteiger partial charge < -0.3 is 14.2 Å². The number of allylic oxidation sites excluding steroid dienone is 21. The Morgan fingerprint density at radius 3 is 0.892 bits per heavy atom. The zero-order valence-electron chi connectivity index (χ0n) is 47.8. The van der Waals surface area contributed by atoms with Gasteiger partial charge in [0.05, 0.1) is 6.42 Å². The van der Waals surface area contributed by atoms with E-state index in [4.69, 9.17) is 14.2 Å². The molecule has 0 fully saturated rings. The minimum atomic E-state index is -0.834. The topological polar surface area (TPSA) is 78.9 Å². The lowest BCUT2D eigenvalue weighted by molar-refractivity contribution is -0.166. The van der Waals surface area contributed by atoms with Gasteiger partial charge in [-0.25, -0.2) is 0 Å². The minimum absolute atomic E-state index is 0.0941. The molecular formula is C68H110O6. The van der Waals surface area contributed by atoms with E-state index < -0.39 is 12.1 Å². The van der Waals surface area contributed by atoms with Crippen molar-refractivity contribution in [2.45, 2.75) is 264 Å². The van der Waals surface area contributed by atoms with E-state index in [2.05, 4.69) is 142 Å². The highest BCUT2D eigenvalue weighted by molar-refractivity contribution is 5.72. The van der Waals surface area contributed by atoms with Crippen molar-refractivity contribution in [3.8, 4) is 0 Å². The summed E-state index contributed by atoms with van der Waals surface area (Å²) in [5.74, 6) is -1.05. The second kappa shape index (κ2) is 61.1. The molecule has 6 nitrogen and oxygen atoms in total. The van der Waals surface area contributed by atoms with Gasteiger partial charge in [-0.15, -0.1) is 0 Å². The maximum atomic E-state index is 12.8. The van der Waals surface area contributed by atoms with Gasteiger partial charge in [0.25, 0.3) is 0 Å². The molecule has 0 aromatic heterocycles. The van der Waals surface area contributed by atoms with Gasteiger partial charge in [0.2, 0.25) is 0 Å². The zero-order chi connectivity index (χ0) is 53.6. The number of carbonyl (C=O) groups is 3. The Labute approximate surface area is 455 Å². The molecule has 0 saturated heterocycles. The minimum Gasteiger partial charge on any atom is -0.462 e. The number of ether oxygens (including phenoxy) is 3. The van der Waals surface area contributed by atoms with Crippen molar-refractivity contribution in [2.75, 3.05) is 13.2 Å². The zero-order valence-corrected chi connectivity index (χ0v) is 47.8. The number of carbonyl (C=O) groups excluding carboxylic acids is 3. The predicted octanol–water partition coefficient (Wildman–Crippen LogP) is 20.6. The van der Waals surface area contributed by atoms with Crippen LogP contribution in [0.5, 0.6) is 0 Å². The SMILES string of the molecule is CC/C=C\C/C=C\C/C=C\C/C=C\C/C=C\C/C=C\CCCCCCCCCCCCCCC(=O)OCC(COC(=O)CCCCCCCCCCCC)OC(=O)C/C=C\C/C=C\C/C=C\C/C=C\C/C=C\CC. The van der Waals surface area contributed by atoms with Gasteiger partial charge in [0.1, 0.15) is 13.2 Å². The van der Waals surface area contributed by atoms with Crippen LogP contribution in [0.4, 0.5) is 0 Å². The highest BCUT2D eigenvalue weighted by Gasteiger charge is 2.19. The first-order chi connectivity index (χ1) is 36.5. The largest absolute Gasteiger partial charge is 0.462 e. The van der Waals surface area contributed by atoms with Gasteiger partial charge in [-0.1, -0.05) is 276 Å². The van der Waals surface area contributed by atoms with Crippen molar-refractivity contribution in [3.63, 3.8) is 0 Å². The van der Waals surface area contributed by atoms with Crippen molar-refractivity contribution in [2.24, 2.45) is 0 Å². The van der Waals surface area contributed by atoms with Crippen LogP contribution in [0.2, 0.25) is 0 Å². The van der Waals surface area contributed by atoms with Gasteiger partial charge in [-0.3, -0.25) is 14.4 Å². The quantitative estimate of drug-likeness (QED) is 0.0261. The Hall–Kier alpha value is -4.45. The van der Waals surface area contributed by atoms with Crippen LogP contribution in [0.3, 0.4) is 0 Å². The van der Waals surface area contributed by atoms with Crippen LogP contribution in [0.15, 0.2) is 134 Å². The summed E-state index contributed by atoms with van der Waals surface area (Å²) in [6.45, 7) is 6.31. The van der Waals surface area contributed by atoms with Gasteiger partial charge >= 0.3 is 17.9 Å². The van der Waals surface area contributed by atoms with Gasteiger partial charge in [0.15, 0.2) is 6.10 Å². The first kappa shape index (κ1) is 69.5. The summed E-state index contributed by atoms with van der Waals surface area (Å²) in [6, 6.07) is 0. The molecule has 0 aromatic carbocycles. The lowest BCUT2D eigenvalue weighted by atomic mass is 10.0. The fourth-order valence-electron chi connectivity index (χ4n) is 7.99. The van der Waals surface area contributed by atoms with E-state index in [0.717, 1.165) is 109 Å². The normalized spacial score (nSPS) is 13.1. The molecular weight excluding hydrogens is 913 g/mol. The van der Waals surface area contributed by atoms with Crippen LogP contribution in [-0.4, -0.2) is 37.2 Å². The molecule has 74 heavy (non-hydrogen) atoms. The Morgan fingerprint density at radius 2 is 0.568 bits per heavy atom. The molecule has 0 spiro atoms. The predicted molar refractivity (Wildman–Crippen MR) is 320 cm³/mol. The number of hydrogen-bond acceptors (Lipinski definition) is 6. The third kappa shape index (κ3) is 58.4. The standard InChI is InChI=1S/C68H110O6/c1-4-7-10-13-16-19-22-24-26-27-28-29-30-31-32-33-34-35-36-37-38-39-40-41-43-44-46-49-52-55-58-61-67(70)73-64-65(63-72-66(69)60-57-54-51-48-21-18-15-12-9-6-3)74-68(71)62-59-56-53-50-47-45-42-25-23-20-17-14-11-8-5-2/h7-8,10-11,16-17,19-20,24-26,28-29,31-32,34-35,42,47,50,56,59,65H,4-6,9,12-15,18,21-23,27,30,33,36-41,43-46,48-49,51-55,57-58,60-64H2,1-3H3/b10-7-,11-8-,19-16-,20-17-,26-24-,29-28-,32-31-,35-34-,42-25-,50-47-,59-56-. The average Bonchev–Trinajstić information content (AvgIpc) is 3.40. The fraction of sp³-hybridized carbons (Fsp3) is 0.632. The summed E-state index contributed by atoms with van der Waals surface area (Å²) >= 11 is 0. The molecule has 0 aliphatic heterocycles.